The van der Waals surface area contributed by atoms with Crippen LogP contribution in [0.15, 0.2) is 48.5 Å². The number of amides is 2. The summed E-state index contributed by atoms with van der Waals surface area (Å²) in [5.41, 5.74) is 3.57. The Kier molecular flexibility index (Phi) is 4.99. The van der Waals surface area contributed by atoms with Crippen molar-refractivity contribution in [1.29, 1.82) is 0 Å². The average molecular weight is 452 g/mol. The number of imide groups is 1. The molecule has 1 N–H and O–H groups in total. The summed E-state index contributed by atoms with van der Waals surface area (Å²) in [5.74, 6) is -1.85. The van der Waals surface area contributed by atoms with Gasteiger partial charge in [0, 0.05) is 34.5 Å². The van der Waals surface area contributed by atoms with Gasteiger partial charge in [0.05, 0.1) is 31.0 Å². The van der Waals surface area contributed by atoms with Gasteiger partial charge in [-0.15, -0.1) is 0 Å². The SMILES string of the molecule is CN1C[N+](C)(C)Cc2cc3c4c(cccc4c21)C(=O)N(c1ccc(C(=O)O)cc1)C3=O.[Cl-]. The Morgan fingerprint density at radius 2 is 1.66 bits per heavy atom. The molecule has 0 aromatic heterocycles. The molecule has 7 nitrogen and oxygen atoms in total. The summed E-state index contributed by atoms with van der Waals surface area (Å²) in [5, 5.41) is 10.7. The van der Waals surface area contributed by atoms with Gasteiger partial charge in [0.25, 0.3) is 11.8 Å². The highest BCUT2D eigenvalue weighted by molar-refractivity contribution is 6.36. The number of hydrogen-bond donors (Lipinski definition) is 1. The lowest BCUT2D eigenvalue weighted by atomic mass is 9.89. The van der Waals surface area contributed by atoms with E-state index in [1.165, 1.54) is 24.3 Å². The largest absolute Gasteiger partial charge is 1.00 e. The smallest absolute Gasteiger partial charge is 0.335 e. The fourth-order valence-corrected chi connectivity index (χ4v) is 4.92. The lowest BCUT2D eigenvalue weighted by Gasteiger charge is -2.41. The van der Waals surface area contributed by atoms with Crippen LogP contribution < -0.4 is 22.2 Å². The van der Waals surface area contributed by atoms with Crippen LogP contribution in [0.25, 0.3) is 10.8 Å². The maximum absolute atomic E-state index is 13.5. The number of hydrogen-bond acceptors (Lipinski definition) is 4. The lowest BCUT2D eigenvalue weighted by molar-refractivity contribution is -0.904. The predicted molar refractivity (Wildman–Crippen MR) is 118 cm³/mol. The van der Waals surface area contributed by atoms with E-state index in [-0.39, 0.29) is 18.0 Å². The van der Waals surface area contributed by atoms with Crippen molar-refractivity contribution in [2.45, 2.75) is 6.54 Å². The predicted octanol–water partition coefficient (Wildman–Crippen LogP) is 0.326. The molecule has 0 saturated carbocycles. The molecule has 0 aliphatic carbocycles. The second-order valence-corrected chi connectivity index (χ2v) is 8.89. The van der Waals surface area contributed by atoms with Crippen LogP contribution in [-0.2, 0) is 6.54 Å². The van der Waals surface area contributed by atoms with E-state index in [4.69, 9.17) is 5.11 Å². The average Bonchev–Trinajstić information content (AvgIpc) is 2.70. The van der Waals surface area contributed by atoms with E-state index >= 15 is 0 Å². The summed E-state index contributed by atoms with van der Waals surface area (Å²) in [6, 6.07) is 13.3. The van der Waals surface area contributed by atoms with Crippen LogP contribution >= 0.6 is 0 Å². The number of carboxylic acids is 1. The Morgan fingerprint density at radius 1 is 1.00 bits per heavy atom. The lowest BCUT2D eigenvalue weighted by Crippen LogP contribution is -3.00. The van der Waals surface area contributed by atoms with E-state index in [9.17, 15) is 14.4 Å². The number of nitrogens with zero attached hydrogens (tertiary/aromatic N) is 3. The third-order valence-corrected chi connectivity index (χ3v) is 6.03. The molecule has 2 heterocycles. The van der Waals surface area contributed by atoms with Crippen molar-refractivity contribution in [3.63, 3.8) is 0 Å². The van der Waals surface area contributed by atoms with Gasteiger partial charge in [-0.1, -0.05) is 12.1 Å². The minimum absolute atomic E-state index is 0. The Labute approximate surface area is 191 Å². The minimum atomic E-state index is -1.06. The van der Waals surface area contributed by atoms with Crippen LogP contribution in [0.1, 0.15) is 36.6 Å². The summed E-state index contributed by atoms with van der Waals surface area (Å²) in [7, 11) is 6.33. The zero-order valence-corrected chi connectivity index (χ0v) is 18.7. The molecule has 0 unspecified atom stereocenters. The summed E-state index contributed by atoms with van der Waals surface area (Å²) in [6.45, 7) is 1.61. The van der Waals surface area contributed by atoms with Gasteiger partial charge in [-0.3, -0.25) is 9.59 Å². The number of fused-ring (bicyclic) bond motifs is 2. The second kappa shape index (κ2) is 7.32. The molecule has 0 radical (unpaired) electrons. The molecule has 8 heteroatoms. The van der Waals surface area contributed by atoms with Crippen molar-refractivity contribution in [2.24, 2.45) is 0 Å². The van der Waals surface area contributed by atoms with E-state index in [1.807, 2.05) is 25.2 Å². The van der Waals surface area contributed by atoms with Crippen molar-refractivity contribution in [1.82, 2.24) is 0 Å². The minimum Gasteiger partial charge on any atom is -1.00 e. The number of carbonyl (C=O) groups excluding carboxylic acids is 2. The van der Waals surface area contributed by atoms with Gasteiger partial charge < -0.3 is 26.9 Å². The van der Waals surface area contributed by atoms with E-state index in [1.54, 1.807) is 6.07 Å². The first kappa shape index (κ1) is 21.8. The quantitative estimate of drug-likeness (QED) is 0.449. The first-order chi connectivity index (χ1) is 14.7. The normalized spacial score (nSPS) is 16.6. The number of carbonyl (C=O) groups is 3. The van der Waals surface area contributed by atoms with Crippen molar-refractivity contribution < 1.29 is 36.4 Å². The van der Waals surface area contributed by atoms with Gasteiger partial charge in [-0.25, -0.2) is 9.69 Å². The summed E-state index contributed by atoms with van der Waals surface area (Å²) in [4.78, 5) is 41.4. The van der Waals surface area contributed by atoms with Crippen molar-refractivity contribution in [3.8, 4) is 0 Å². The Balaban J connectivity index is 0.00000245. The molecule has 2 aliphatic heterocycles. The summed E-state index contributed by atoms with van der Waals surface area (Å²) >= 11 is 0. The zero-order valence-electron chi connectivity index (χ0n) is 17.9. The molecule has 164 valence electrons. The number of rotatable bonds is 2. The molecule has 3 aromatic rings. The van der Waals surface area contributed by atoms with Gasteiger partial charge in [-0.05, 0) is 36.4 Å². The molecule has 5 rings (SSSR count). The first-order valence-corrected chi connectivity index (χ1v) is 10.0. The van der Waals surface area contributed by atoms with Gasteiger partial charge in [0.1, 0.15) is 6.54 Å². The Morgan fingerprint density at radius 3 is 2.31 bits per heavy atom. The van der Waals surface area contributed by atoms with Crippen LogP contribution in [0.3, 0.4) is 0 Å². The standard InChI is InChI=1S/C24H21N3O4.ClH/c1-25-13-27(2,3)12-15-11-19-20-17(21(15)25)5-4-6-18(20)22(28)26(23(19)29)16-9-7-14(8-10-16)24(30)31;/h4-11H,12-13H2,1-3H3;1H. The number of aromatic carboxylic acids is 1. The fourth-order valence-electron chi connectivity index (χ4n) is 4.92. The third kappa shape index (κ3) is 3.13. The van der Waals surface area contributed by atoms with E-state index in [0.29, 0.717) is 22.2 Å². The van der Waals surface area contributed by atoms with Crippen molar-refractivity contribution >= 4 is 39.9 Å². The molecule has 0 spiro atoms. The van der Waals surface area contributed by atoms with Crippen LogP contribution in [0.4, 0.5) is 11.4 Å². The third-order valence-electron chi connectivity index (χ3n) is 6.03. The molecule has 3 aromatic carbocycles. The molecule has 0 atom stereocenters. The first-order valence-electron chi connectivity index (χ1n) is 10.0. The van der Waals surface area contributed by atoms with Crippen LogP contribution in [0, 0.1) is 0 Å². The number of carboxylic acid groups (broad SMARTS) is 1. The molecular weight excluding hydrogens is 430 g/mol. The molecule has 32 heavy (non-hydrogen) atoms. The molecule has 2 amide bonds. The van der Waals surface area contributed by atoms with Crippen molar-refractivity contribution in [3.05, 3.63) is 70.8 Å². The molecule has 0 bridgehead atoms. The molecular formula is C24H22ClN3O4. The second-order valence-electron chi connectivity index (χ2n) is 8.89. The Hall–Kier alpha value is -3.42. The summed E-state index contributed by atoms with van der Waals surface area (Å²) < 4.78 is 0.765. The van der Waals surface area contributed by atoms with E-state index < -0.39 is 17.8 Å². The van der Waals surface area contributed by atoms with E-state index in [0.717, 1.165) is 39.2 Å². The summed E-state index contributed by atoms with van der Waals surface area (Å²) in [6.07, 6.45) is 0. The van der Waals surface area contributed by atoms with E-state index in [2.05, 4.69) is 19.0 Å². The molecule has 0 saturated heterocycles. The number of anilines is 2. The van der Waals surface area contributed by atoms with Gasteiger partial charge in [0.15, 0.2) is 6.67 Å². The maximum atomic E-state index is 13.5. The molecule has 0 fully saturated rings. The number of benzene rings is 3. The highest BCUT2D eigenvalue weighted by Gasteiger charge is 2.38. The van der Waals surface area contributed by atoms with Gasteiger partial charge in [0.2, 0.25) is 0 Å². The van der Waals surface area contributed by atoms with Crippen LogP contribution in [-0.4, -0.2) is 55.2 Å². The Bertz CT molecular complexity index is 1300. The number of quaternary nitrogens is 1. The van der Waals surface area contributed by atoms with Crippen LogP contribution in [0.2, 0.25) is 0 Å². The highest BCUT2D eigenvalue weighted by Crippen LogP contribution is 2.42. The monoisotopic (exact) mass is 451 g/mol. The highest BCUT2D eigenvalue weighted by atomic mass is 35.5. The van der Waals surface area contributed by atoms with Crippen molar-refractivity contribution in [2.75, 3.05) is 37.6 Å². The maximum Gasteiger partial charge on any atom is 0.335 e. The van der Waals surface area contributed by atoms with Crippen LogP contribution in [0.5, 0.6) is 0 Å². The fraction of sp³-hybridized carbons (Fsp3) is 0.208. The van der Waals surface area contributed by atoms with Gasteiger partial charge in [-0.2, -0.15) is 0 Å². The van der Waals surface area contributed by atoms with Gasteiger partial charge >= 0.3 is 5.97 Å². The number of halogens is 1. The topological polar surface area (TPSA) is 77.9 Å². The zero-order chi connectivity index (χ0) is 22.1. The molecule has 2 aliphatic rings.